The van der Waals surface area contributed by atoms with Crippen molar-refractivity contribution in [3.63, 3.8) is 0 Å². The van der Waals surface area contributed by atoms with Crippen LogP contribution in [0.1, 0.15) is 31.2 Å². The van der Waals surface area contributed by atoms with E-state index in [4.69, 9.17) is 5.73 Å². The van der Waals surface area contributed by atoms with Crippen molar-refractivity contribution >= 4 is 5.78 Å². The first kappa shape index (κ1) is 9.85. The first-order chi connectivity index (χ1) is 7.15. The minimum Gasteiger partial charge on any atom is -0.326 e. The largest absolute Gasteiger partial charge is 0.326 e. The maximum absolute atomic E-state index is 11.9. The van der Waals surface area contributed by atoms with Crippen molar-refractivity contribution in [1.82, 2.24) is 19.6 Å². The SMILES string of the molecule is CC(C)c1n[nH]c2ncc(CN)c(=O)n12. The maximum Gasteiger partial charge on any atom is 0.265 e. The zero-order chi connectivity index (χ0) is 11.0. The second-order valence-corrected chi connectivity index (χ2v) is 3.69. The Bertz CT molecular complexity index is 539. The van der Waals surface area contributed by atoms with Gasteiger partial charge in [-0.3, -0.25) is 4.79 Å². The molecule has 0 fully saturated rings. The molecule has 0 atom stereocenters. The molecule has 6 nitrogen and oxygen atoms in total. The first-order valence-electron chi connectivity index (χ1n) is 4.80. The number of hydrogen-bond donors (Lipinski definition) is 2. The molecule has 0 aromatic carbocycles. The van der Waals surface area contributed by atoms with Gasteiger partial charge in [0.05, 0.1) is 0 Å². The zero-order valence-corrected chi connectivity index (χ0v) is 8.69. The molecular formula is C9H13N5O. The van der Waals surface area contributed by atoms with Gasteiger partial charge in [-0.05, 0) is 0 Å². The van der Waals surface area contributed by atoms with E-state index in [2.05, 4.69) is 15.2 Å². The Kier molecular flexibility index (Phi) is 2.28. The number of nitrogens with one attached hydrogen (secondary N) is 1. The van der Waals surface area contributed by atoms with E-state index >= 15 is 0 Å². The number of aromatic nitrogens is 4. The van der Waals surface area contributed by atoms with Crippen LogP contribution in [0.25, 0.3) is 5.78 Å². The summed E-state index contributed by atoms with van der Waals surface area (Å²) < 4.78 is 1.48. The monoisotopic (exact) mass is 207 g/mol. The molecule has 2 aromatic heterocycles. The van der Waals surface area contributed by atoms with Gasteiger partial charge in [0.1, 0.15) is 5.82 Å². The average Bonchev–Trinajstić information content (AvgIpc) is 2.63. The van der Waals surface area contributed by atoms with Crippen LogP contribution in [0.5, 0.6) is 0 Å². The molecule has 15 heavy (non-hydrogen) atoms. The van der Waals surface area contributed by atoms with Crippen LogP contribution in [-0.2, 0) is 6.54 Å². The lowest BCUT2D eigenvalue weighted by Crippen LogP contribution is -2.22. The molecule has 0 bridgehead atoms. The van der Waals surface area contributed by atoms with Gasteiger partial charge in [-0.2, -0.15) is 5.10 Å². The molecule has 0 saturated carbocycles. The molecule has 6 heteroatoms. The molecule has 0 amide bonds. The van der Waals surface area contributed by atoms with Gasteiger partial charge in [0.2, 0.25) is 5.78 Å². The van der Waals surface area contributed by atoms with Crippen LogP contribution in [0.4, 0.5) is 0 Å². The summed E-state index contributed by atoms with van der Waals surface area (Å²) >= 11 is 0. The molecular weight excluding hydrogens is 194 g/mol. The fourth-order valence-corrected chi connectivity index (χ4v) is 1.47. The molecule has 0 unspecified atom stereocenters. The van der Waals surface area contributed by atoms with Crippen molar-refractivity contribution in [3.05, 3.63) is 27.9 Å². The van der Waals surface area contributed by atoms with Crippen LogP contribution in [0, 0.1) is 0 Å². The van der Waals surface area contributed by atoms with Crippen molar-refractivity contribution in [2.75, 3.05) is 0 Å². The van der Waals surface area contributed by atoms with E-state index in [0.29, 0.717) is 17.2 Å². The van der Waals surface area contributed by atoms with E-state index in [1.165, 1.54) is 10.6 Å². The number of fused-ring (bicyclic) bond motifs is 1. The van der Waals surface area contributed by atoms with Gasteiger partial charge in [0.25, 0.3) is 5.56 Å². The average molecular weight is 207 g/mol. The highest BCUT2D eigenvalue weighted by atomic mass is 16.1. The lowest BCUT2D eigenvalue weighted by atomic mass is 10.2. The van der Waals surface area contributed by atoms with Gasteiger partial charge in [-0.15, -0.1) is 0 Å². The molecule has 0 aliphatic heterocycles. The van der Waals surface area contributed by atoms with Crippen LogP contribution in [0.3, 0.4) is 0 Å². The van der Waals surface area contributed by atoms with Gasteiger partial charge in [0.15, 0.2) is 0 Å². The fourth-order valence-electron chi connectivity index (χ4n) is 1.47. The van der Waals surface area contributed by atoms with Gasteiger partial charge >= 0.3 is 0 Å². The summed E-state index contributed by atoms with van der Waals surface area (Å²) in [6.45, 7) is 4.13. The molecule has 0 aliphatic carbocycles. The topological polar surface area (TPSA) is 89.1 Å². The van der Waals surface area contributed by atoms with E-state index in [9.17, 15) is 4.79 Å². The first-order valence-corrected chi connectivity index (χ1v) is 4.80. The summed E-state index contributed by atoms with van der Waals surface area (Å²) in [6.07, 6.45) is 1.49. The second-order valence-electron chi connectivity index (χ2n) is 3.69. The Labute approximate surface area is 86.1 Å². The van der Waals surface area contributed by atoms with Crippen LogP contribution in [-0.4, -0.2) is 19.6 Å². The number of nitrogens with two attached hydrogens (primary N) is 1. The lowest BCUT2D eigenvalue weighted by molar-refractivity contribution is 0.746. The third kappa shape index (κ3) is 1.42. The molecule has 2 heterocycles. The van der Waals surface area contributed by atoms with Gasteiger partial charge in [0, 0.05) is 24.2 Å². The number of rotatable bonds is 2. The van der Waals surface area contributed by atoms with Gasteiger partial charge in [-0.1, -0.05) is 13.8 Å². The number of nitrogens with zero attached hydrogens (tertiary/aromatic N) is 3. The molecule has 2 rings (SSSR count). The summed E-state index contributed by atoms with van der Waals surface area (Å²) in [5.74, 6) is 1.30. The summed E-state index contributed by atoms with van der Waals surface area (Å²) in [7, 11) is 0. The second kappa shape index (κ2) is 3.47. The minimum absolute atomic E-state index is 0.139. The van der Waals surface area contributed by atoms with Crippen LogP contribution in [0.2, 0.25) is 0 Å². The molecule has 0 aliphatic rings. The molecule has 0 spiro atoms. The molecule has 3 N–H and O–H groups in total. The quantitative estimate of drug-likeness (QED) is 0.725. The summed E-state index contributed by atoms with van der Waals surface area (Å²) in [6, 6.07) is 0. The Balaban J connectivity index is 2.82. The Hall–Kier alpha value is -1.69. The van der Waals surface area contributed by atoms with E-state index in [1.54, 1.807) is 0 Å². The number of hydrogen-bond acceptors (Lipinski definition) is 4. The Morgan fingerprint density at radius 2 is 2.33 bits per heavy atom. The van der Waals surface area contributed by atoms with E-state index in [1.807, 2.05) is 13.8 Å². The Morgan fingerprint density at radius 3 is 2.93 bits per heavy atom. The van der Waals surface area contributed by atoms with Crippen molar-refractivity contribution in [1.29, 1.82) is 0 Å². The zero-order valence-electron chi connectivity index (χ0n) is 8.69. The van der Waals surface area contributed by atoms with Crippen LogP contribution >= 0.6 is 0 Å². The number of H-pyrrole nitrogens is 1. The van der Waals surface area contributed by atoms with Crippen LogP contribution in [0.15, 0.2) is 11.0 Å². The molecule has 2 aromatic rings. The maximum atomic E-state index is 11.9. The van der Waals surface area contributed by atoms with E-state index < -0.39 is 0 Å². The van der Waals surface area contributed by atoms with Crippen molar-refractivity contribution < 1.29 is 0 Å². The highest BCUT2D eigenvalue weighted by molar-refractivity contribution is 5.29. The van der Waals surface area contributed by atoms with Gasteiger partial charge < -0.3 is 5.73 Å². The predicted molar refractivity (Wildman–Crippen MR) is 55.6 cm³/mol. The minimum atomic E-state index is -0.139. The number of aromatic amines is 1. The summed E-state index contributed by atoms with van der Waals surface area (Å²) in [4.78, 5) is 16.0. The summed E-state index contributed by atoms with van der Waals surface area (Å²) in [5.41, 5.74) is 5.81. The van der Waals surface area contributed by atoms with Gasteiger partial charge in [-0.25, -0.2) is 14.5 Å². The molecule has 0 radical (unpaired) electrons. The van der Waals surface area contributed by atoms with Crippen molar-refractivity contribution in [2.24, 2.45) is 5.73 Å². The fraction of sp³-hybridized carbons (Fsp3) is 0.444. The smallest absolute Gasteiger partial charge is 0.265 e. The normalized spacial score (nSPS) is 11.5. The third-order valence-electron chi connectivity index (χ3n) is 2.27. The summed E-state index contributed by atoms with van der Waals surface area (Å²) in [5, 5.41) is 6.79. The molecule has 0 saturated heterocycles. The third-order valence-corrected chi connectivity index (χ3v) is 2.27. The standard InChI is InChI=1S/C9H13N5O/c1-5(2)7-12-13-9-11-4-6(3-10)8(15)14(7)9/h4-5H,3,10H2,1-2H3,(H,11,13). The van der Waals surface area contributed by atoms with Crippen molar-refractivity contribution in [2.45, 2.75) is 26.3 Å². The van der Waals surface area contributed by atoms with Crippen LogP contribution < -0.4 is 11.3 Å². The van der Waals surface area contributed by atoms with Crippen molar-refractivity contribution in [3.8, 4) is 0 Å². The van der Waals surface area contributed by atoms with E-state index in [-0.39, 0.29) is 18.0 Å². The lowest BCUT2D eigenvalue weighted by Gasteiger charge is -2.02. The molecule has 80 valence electrons. The Morgan fingerprint density at radius 1 is 1.60 bits per heavy atom. The van der Waals surface area contributed by atoms with E-state index in [0.717, 1.165) is 0 Å². The predicted octanol–water partition coefficient (Wildman–Crippen LogP) is -0.000300. The highest BCUT2D eigenvalue weighted by Crippen LogP contribution is 2.10. The highest BCUT2D eigenvalue weighted by Gasteiger charge is 2.13.